The van der Waals surface area contributed by atoms with Gasteiger partial charge in [0.05, 0.1) is 25.9 Å². The molecule has 0 bridgehead atoms. The zero-order valence-electron chi connectivity index (χ0n) is 14.7. The smallest absolute Gasteiger partial charge is 0.410 e. The van der Waals surface area contributed by atoms with Crippen LogP contribution in [0, 0.1) is 0 Å². The van der Waals surface area contributed by atoms with Crippen molar-refractivity contribution in [1.29, 1.82) is 0 Å². The third-order valence-corrected chi connectivity index (χ3v) is 4.04. The Morgan fingerprint density at radius 2 is 1.74 bits per heavy atom. The minimum Gasteiger partial charge on any atom is -0.444 e. The minimum atomic E-state index is -0.444. The Morgan fingerprint density at radius 1 is 1.13 bits per heavy atom. The van der Waals surface area contributed by atoms with Gasteiger partial charge in [-0.15, -0.1) is 0 Å². The monoisotopic (exact) mass is 326 g/mol. The second kappa shape index (κ2) is 8.02. The van der Waals surface area contributed by atoms with Gasteiger partial charge in [-0.2, -0.15) is 0 Å². The molecule has 0 unspecified atom stereocenters. The molecule has 0 aromatic heterocycles. The van der Waals surface area contributed by atoms with Crippen LogP contribution in [0.3, 0.4) is 0 Å². The fourth-order valence-electron chi connectivity index (χ4n) is 2.72. The van der Waals surface area contributed by atoms with Crippen LogP contribution in [0.4, 0.5) is 4.79 Å². The Hall–Kier alpha value is -1.27. The van der Waals surface area contributed by atoms with Gasteiger partial charge in [0.1, 0.15) is 5.60 Å². The average molecular weight is 326 g/mol. The molecule has 0 atom stereocenters. The van der Waals surface area contributed by atoms with E-state index in [0.29, 0.717) is 19.7 Å². The highest BCUT2D eigenvalue weighted by Gasteiger charge is 2.27. The lowest BCUT2D eigenvalue weighted by Gasteiger charge is -2.34. The first-order valence-electron chi connectivity index (χ1n) is 8.45. The largest absolute Gasteiger partial charge is 0.444 e. The molecule has 2 aliphatic rings. The summed E-state index contributed by atoms with van der Waals surface area (Å²) in [4.78, 5) is 16.0. The van der Waals surface area contributed by atoms with Crippen LogP contribution in [0.25, 0.3) is 0 Å². The Kier molecular flexibility index (Phi) is 6.30. The summed E-state index contributed by atoms with van der Waals surface area (Å²) in [5.74, 6) is 0. The molecule has 0 N–H and O–H groups in total. The second-order valence-electron chi connectivity index (χ2n) is 7.14. The molecule has 23 heavy (non-hydrogen) atoms. The molecule has 1 amide bonds. The molecule has 0 saturated carbocycles. The maximum Gasteiger partial charge on any atom is 0.410 e. The summed E-state index contributed by atoms with van der Waals surface area (Å²) in [7, 11) is 0. The fourth-order valence-corrected chi connectivity index (χ4v) is 2.72. The lowest BCUT2D eigenvalue weighted by molar-refractivity contribution is -0.0132. The number of carbonyl (C=O) groups excluding carboxylic acids is 1. The topological polar surface area (TPSA) is 51.2 Å². The number of rotatable bonds is 4. The zero-order valence-corrected chi connectivity index (χ0v) is 14.7. The Bertz CT molecular complexity index is 405. The van der Waals surface area contributed by atoms with Crippen molar-refractivity contribution in [2.75, 3.05) is 46.0 Å². The highest BCUT2D eigenvalue weighted by atomic mass is 16.6. The molecule has 2 saturated heterocycles. The molecule has 2 aliphatic heterocycles. The van der Waals surface area contributed by atoms with E-state index in [1.807, 2.05) is 20.8 Å². The van der Waals surface area contributed by atoms with Crippen LogP contribution in [0.2, 0.25) is 0 Å². The molecule has 0 aliphatic carbocycles. The Morgan fingerprint density at radius 3 is 2.30 bits per heavy atom. The van der Waals surface area contributed by atoms with Crippen molar-refractivity contribution < 1.29 is 19.0 Å². The number of carbonyl (C=O) groups is 1. The predicted octanol–water partition coefficient (Wildman–Crippen LogP) is 2.25. The number of likely N-dealkylation sites (tertiary alicyclic amines) is 1. The zero-order chi connectivity index (χ0) is 16.9. The molecule has 0 radical (unpaired) electrons. The van der Waals surface area contributed by atoms with Crippen LogP contribution in [-0.2, 0) is 14.2 Å². The molecule has 2 fully saturated rings. The van der Waals surface area contributed by atoms with Gasteiger partial charge in [-0.3, -0.25) is 0 Å². The van der Waals surface area contributed by atoms with Crippen molar-refractivity contribution in [2.24, 2.45) is 0 Å². The average Bonchev–Trinajstić information content (AvgIpc) is 2.52. The molecular weight excluding hydrogens is 296 g/mol. The number of nitrogens with zero attached hydrogens (tertiary/aromatic N) is 2. The number of amides is 1. The lowest BCUT2D eigenvalue weighted by atomic mass is 10.1. The fraction of sp³-hybridized carbons (Fsp3) is 0.824. The van der Waals surface area contributed by atoms with Crippen LogP contribution in [0.15, 0.2) is 12.3 Å². The highest BCUT2D eigenvalue weighted by Crippen LogP contribution is 2.18. The first kappa shape index (κ1) is 18.1. The van der Waals surface area contributed by atoms with E-state index in [-0.39, 0.29) is 12.2 Å². The van der Waals surface area contributed by atoms with Crippen LogP contribution in [0.5, 0.6) is 0 Å². The van der Waals surface area contributed by atoms with Crippen molar-refractivity contribution >= 4 is 6.09 Å². The maximum atomic E-state index is 12.0. The number of hydrogen-bond donors (Lipinski definition) is 0. The van der Waals surface area contributed by atoms with Crippen LogP contribution in [-0.4, -0.2) is 73.6 Å². The van der Waals surface area contributed by atoms with E-state index in [4.69, 9.17) is 14.2 Å². The van der Waals surface area contributed by atoms with Crippen molar-refractivity contribution in [3.63, 3.8) is 0 Å². The Labute approximate surface area is 139 Å². The van der Waals surface area contributed by atoms with Crippen LogP contribution in [0.1, 0.15) is 33.6 Å². The minimum absolute atomic E-state index is 0.187. The summed E-state index contributed by atoms with van der Waals surface area (Å²) in [5.41, 5.74) is 0.572. The van der Waals surface area contributed by atoms with Gasteiger partial charge in [0, 0.05) is 31.9 Å². The molecule has 6 nitrogen and oxygen atoms in total. The highest BCUT2D eigenvalue weighted by molar-refractivity contribution is 5.68. The number of hydrogen-bond acceptors (Lipinski definition) is 5. The van der Waals surface area contributed by atoms with Gasteiger partial charge in [0.2, 0.25) is 0 Å². The van der Waals surface area contributed by atoms with Crippen molar-refractivity contribution in [3.05, 3.63) is 12.3 Å². The van der Waals surface area contributed by atoms with Gasteiger partial charge >= 0.3 is 6.09 Å². The summed E-state index contributed by atoms with van der Waals surface area (Å²) >= 11 is 0. The molecule has 0 spiro atoms. The molecule has 132 valence electrons. The van der Waals surface area contributed by atoms with Crippen LogP contribution < -0.4 is 0 Å². The van der Waals surface area contributed by atoms with E-state index in [2.05, 4.69) is 11.5 Å². The quantitative estimate of drug-likeness (QED) is 0.793. The lowest BCUT2D eigenvalue weighted by Crippen LogP contribution is -2.44. The number of ether oxygens (including phenoxy) is 3. The third-order valence-electron chi connectivity index (χ3n) is 4.04. The third kappa shape index (κ3) is 6.03. The SMILES string of the molecule is C=C(COC1CCN(C(=O)OC(C)(C)C)CC1)N1CCOCC1. The molecular formula is C17H30N2O4. The van der Waals surface area contributed by atoms with E-state index in [9.17, 15) is 4.79 Å². The van der Waals surface area contributed by atoms with E-state index >= 15 is 0 Å². The molecule has 0 aromatic carbocycles. The number of morpholine rings is 1. The van der Waals surface area contributed by atoms with Crippen molar-refractivity contribution in [3.8, 4) is 0 Å². The summed E-state index contributed by atoms with van der Waals surface area (Å²) < 4.78 is 16.7. The van der Waals surface area contributed by atoms with E-state index < -0.39 is 5.60 Å². The molecule has 2 heterocycles. The summed E-state index contributed by atoms with van der Waals surface area (Å²) in [5, 5.41) is 0. The van der Waals surface area contributed by atoms with Gasteiger partial charge in [-0.1, -0.05) is 6.58 Å². The van der Waals surface area contributed by atoms with Crippen molar-refractivity contribution in [2.45, 2.75) is 45.3 Å². The molecule has 6 heteroatoms. The predicted molar refractivity (Wildman–Crippen MR) is 88.3 cm³/mol. The summed E-state index contributed by atoms with van der Waals surface area (Å²) in [6.45, 7) is 15.0. The number of piperidine rings is 1. The first-order valence-corrected chi connectivity index (χ1v) is 8.45. The summed E-state index contributed by atoms with van der Waals surface area (Å²) in [6, 6.07) is 0. The van der Waals surface area contributed by atoms with Gasteiger partial charge in [0.15, 0.2) is 0 Å². The molecule has 0 aromatic rings. The summed E-state index contributed by atoms with van der Waals surface area (Å²) in [6.07, 6.45) is 1.64. The normalized spacial score (nSPS) is 20.5. The maximum absolute atomic E-state index is 12.0. The van der Waals surface area contributed by atoms with Gasteiger partial charge in [0.25, 0.3) is 0 Å². The van der Waals surface area contributed by atoms with E-state index in [1.165, 1.54) is 0 Å². The standard InChI is InChI=1S/C17H30N2O4/c1-14(18-9-11-21-12-10-18)13-22-15-5-7-19(8-6-15)16(20)23-17(2,3)4/h15H,1,5-13H2,2-4H3. The molecule has 2 rings (SSSR count). The second-order valence-corrected chi connectivity index (χ2v) is 7.14. The van der Waals surface area contributed by atoms with Gasteiger partial charge in [-0.05, 0) is 33.6 Å². The van der Waals surface area contributed by atoms with E-state index in [1.54, 1.807) is 4.90 Å². The van der Waals surface area contributed by atoms with Crippen LogP contribution >= 0.6 is 0 Å². The Balaban J connectivity index is 1.66. The first-order chi connectivity index (χ1) is 10.8. The van der Waals surface area contributed by atoms with E-state index in [0.717, 1.165) is 44.8 Å². The van der Waals surface area contributed by atoms with Crippen molar-refractivity contribution in [1.82, 2.24) is 9.80 Å². The van der Waals surface area contributed by atoms with Gasteiger partial charge in [-0.25, -0.2) is 4.79 Å². The van der Waals surface area contributed by atoms with Gasteiger partial charge < -0.3 is 24.0 Å².